The van der Waals surface area contributed by atoms with E-state index in [1.54, 1.807) is 12.3 Å². The molecular weight excluding hydrogens is 266 g/mol. The number of aromatic nitrogens is 1. The van der Waals surface area contributed by atoms with E-state index in [0.717, 1.165) is 25.3 Å². The van der Waals surface area contributed by atoms with Crippen LogP contribution in [-0.4, -0.2) is 17.4 Å². The molecule has 0 aromatic carbocycles. The van der Waals surface area contributed by atoms with Gasteiger partial charge in [-0.3, -0.25) is 0 Å². The largest absolute Gasteiger partial charge is 0.369 e. The number of alkyl halides is 1. The van der Waals surface area contributed by atoms with Gasteiger partial charge >= 0.3 is 0 Å². The van der Waals surface area contributed by atoms with Gasteiger partial charge in [-0.15, -0.1) is 11.6 Å². The molecule has 16 heavy (non-hydrogen) atoms. The number of nitrogens with zero attached hydrogens (tertiary/aromatic N) is 1. The fourth-order valence-electron chi connectivity index (χ4n) is 1.32. The molecule has 0 aliphatic heterocycles. The summed E-state index contributed by atoms with van der Waals surface area (Å²) >= 11 is 17.3. The van der Waals surface area contributed by atoms with Crippen molar-refractivity contribution in [2.45, 2.75) is 25.7 Å². The molecule has 0 amide bonds. The summed E-state index contributed by atoms with van der Waals surface area (Å²) in [4.78, 5) is 4.12. The maximum atomic E-state index is 5.97. The highest BCUT2D eigenvalue weighted by molar-refractivity contribution is 6.35. The van der Waals surface area contributed by atoms with Gasteiger partial charge in [0.25, 0.3) is 0 Å². The van der Waals surface area contributed by atoms with E-state index in [1.165, 1.54) is 12.8 Å². The monoisotopic (exact) mass is 280 g/mol. The third kappa shape index (κ3) is 5.24. The van der Waals surface area contributed by atoms with Crippen molar-refractivity contribution in [1.29, 1.82) is 0 Å². The predicted molar refractivity (Wildman–Crippen MR) is 71.9 cm³/mol. The van der Waals surface area contributed by atoms with Gasteiger partial charge in [-0.05, 0) is 18.9 Å². The molecule has 1 heterocycles. The lowest BCUT2D eigenvalue weighted by Gasteiger charge is -2.07. The van der Waals surface area contributed by atoms with Crippen LogP contribution in [-0.2, 0) is 0 Å². The van der Waals surface area contributed by atoms with Crippen LogP contribution in [0.15, 0.2) is 12.3 Å². The molecule has 0 spiro atoms. The molecule has 0 fully saturated rings. The number of unbranched alkanes of at least 4 members (excludes halogenated alkanes) is 3. The molecule has 1 aromatic rings. The minimum absolute atomic E-state index is 0.553. The highest BCUT2D eigenvalue weighted by Gasteiger charge is 2.01. The summed E-state index contributed by atoms with van der Waals surface area (Å²) in [5.74, 6) is 1.45. The number of halogens is 3. The van der Waals surface area contributed by atoms with Gasteiger partial charge in [0.15, 0.2) is 0 Å². The first-order valence-electron chi connectivity index (χ1n) is 5.35. The lowest BCUT2D eigenvalue weighted by Crippen LogP contribution is -2.03. The molecule has 0 aliphatic rings. The van der Waals surface area contributed by atoms with Crippen molar-refractivity contribution in [3.05, 3.63) is 22.3 Å². The number of hydrogen-bond donors (Lipinski definition) is 1. The zero-order valence-electron chi connectivity index (χ0n) is 8.98. The molecule has 1 rings (SSSR count). The molecule has 1 N–H and O–H groups in total. The maximum Gasteiger partial charge on any atom is 0.144 e. The van der Waals surface area contributed by atoms with Gasteiger partial charge in [-0.2, -0.15) is 0 Å². The van der Waals surface area contributed by atoms with E-state index < -0.39 is 0 Å². The normalized spacial score (nSPS) is 10.4. The van der Waals surface area contributed by atoms with E-state index >= 15 is 0 Å². The Morgan fingerprint density at radius 2 is 1.88 bits per heavy atom. The van der Waals surface area contributed by atoms with Crippen LogP contribution in [0.3, 0.4) is 0 Å². The van der Waals surface area contributed by atoms with Crippen LogP contribution in [0, 0.1) is 0 Å². The first kappa shape index (κ1) is 13.9. The molecule has 1 aromatic heterocycles. The number of hydrogen-bond acceptors (Lipinski definition) is 2. The first-order chi connectivity index (χ1) is 7.74. The Morgan fingerprint density at radius 3 is 2.56 bits per heavy atom. The second-order valence-corrected chi connectivity index (χ2v) is 4.74. The molecular formula is C11H15Cl3N2. The average molecular weight is 282 g/mol. The van der Waals surface area contributed by atoms with Crippen LogP contribution in [0.25, 0.3) is 0 Å². The van der Waals surface area contributed by atoms with Crippen molar-refractivity contribution in [2.24, 2.45) is 0 Å². The van der Waals surface area contributed by atoms with Crippen LogP contribution in [0.4, 0.5) is 5.82 Å². The van der Waals surface area contributed by atoms with Gasteiger partial charge in [-0.1, -0.05) is 36.0 Å². The van der Waals surface area contributed by atoms with Gasteiger partial charge in [0.05, 0.1) is 10.0 Å². The fraction of sp³-hybridized carbons (Fsp3) is 0.545. The molecule has 0 radical (unpaired) electrons. The third-order valence-corrected chi connectivity index (χ3v) is 2.92. The first-order valence-corrected chi connectivity index (χ1v) is 6.64. The van der Waals surface area contributed by atoms with Crippen LogP contribution in [0.1, 0.15) is 25.7 Å². The van der Waals surface area contributed by atoms with Crippen LogP contribution < -0.4 is 5.32 Å². The third-order valence-electron chi connectivity index (χ3n) is 2.16. The van der Waals surface area contributed by atoms with Crippen molar-refractivity contribution >= 4 is 40.6 Å². The molecule has 2 nitrogen and oxygen atoms in total. The lowest BCUT2D eigenvalue weighted by atomic mass is 10.2. The SMILES string of the molecule is ClCCCCCCNc1ncc(Cl)cc1Cl. The van der Waals surface area contributed by atoms with E-state index in [2.05, 4.69) is 10.3 Å². The Balaban J connectivity index is 2.21. The van der Waals surface area contributed by atoms with Gasteiger partial charge in [0.2, 0.25) is 0 Å². The second kappa shape index (κ2) is 7.99. The number of pyridine rings is 1. The topological polar surface area (TPSA) is 24.9 Å². The smallest absolute Gasteiger partial charge is 0.144 e. The summed E-state index contributed by atoms with van der Waals surface area (Å²) in [5.41, 5.74) is 0. The Labute approximate surface area is 111 Å². The lowest BCUT2D eigenvalue weighted by molar-refractivity contribution is 0.687. The Morgan fingerprint density at radius 1 is 1.12 bits per heavy atom. The molecule has 90 valence electrons. The number of rotatable bonds is 7. The Bertz CT molecular complexity index is 318. The molecule has 0 saturated carbocycles. The fourth-order valence-corrected chi connectivity index (χ4v) is 1.96. The molecule has 0 atom stereocenters. The van der Waals surface area contributed by atoms with Gasteiger partial charge in [0.1, 0.15) is 5.82 Å². The molecule has 0 bridgehead atoms. The van der Waals surface area contributed by atoms with E-state index in [-0.39, 0.29) is 0 Å². The summed E-state index contributed by atoms with van der Waals surface area (Å²) in [6.07, 6.45) is 6.11. The zero-order chi connectivity index (χ0) is 11.8. The maximum absolute atomic E-state index is 5.97. The van der Waals surface area contributed by atoms with Crippen molar-refractivity contribution in [3.63, 3.8) is 0 Å². The average Bonchev–Trinajstić information content (AvgIpc) is 2.26. The Hall–Kier alpha value is -0.180. The van der Waals surface area contributed by atoms with Crippen LogP contribution >= 0.6 is 34.8 Å². The quantitative estimate of drug-likeness (QED) is 0.583. The highest BCUT2D eigenvalue weighted by atomic mass is 35.5. The van der Waals surface area contributed by atoms with Crippen LogP contribution in [0.2, 0.25) is 10.0 Å². The minimum atomic E-state index is 0.553. The number of nitrogens with one attached hydrogen (secondary N) is 1. The molecule has 0 unspecified atom stereocenters. The van der Waals surface area contributed by atoms with Crippen molar-refractivity contribution in [2.75, 3.05) is 17.7 Å². The summed E-state index contributed by atoms with van der Waals surface area (Å²) in [7, 11) is 0. The summed E-state index contributed by atoms with van der Waals surface area (Å²) in [5, 5.41) is 4.30. The predicted octanol–water partition coefficient (Wildman–Crippen LogP) is 4.60. The van der Waals surface area contributed by atoms with Gasteiger partial charge in [0, 0.05) is 18.6 Å². The second-order valence-electron chi connectivity index (χ2n) is 3.51. The number of anilines is 1. The van der Waals surface area contributed by atoms with Crippen molar-refractivity contribution in [3.8, 4) is 0 Å². The minimum Gasteiger partial charge on any atom is -0.369 e. The summed E-state index contributed by atoms with van der Waals surface area (Å²) < 4.78 is 0. The van der Waals surface area contributed by atoms with E-state index in [1.807, 2.05) is 0 Å². The zero-order valence-corrected chi connectivity index (χ0v) is 11.2. The van der Waals surface area contributed by atoms with Gasteiger partial charge < -0.3 is 5.32 Å². The Kier molecular flexibility index (Phi) is 6.93. The standard InChI is InChI=1S/C11H15Cl3N2/c12-5-3-1-2-4-6-15-11-10(14)7-9(13)8-16-11/h7-8H,1-6H2,(H,15,16). The van der Waals surface area contributed by atoms with Gasteiger partial charge in [-0.25, -0.2) is 4.98 Å². The van der Waals surface area contributed by atoms with E-state index in [0.29, 0.717) is 15.9 Å². The van der Waals surface area contributed by atoms with E-state index in [9.17, 15) is 0 Å². The van der Waals surface area contributed by atoms with Crippen molar-refractivity contribution < 1.29 is 0 Å². The molecule has 0 saturated heterocycles. The van der Waals surface area contributed by atoms with Crippen LogP contribution in [0.5, 0.6) is 0 Å². The molecule has 5 heteroatoms. The highest BCUT2D eigenvalue weighted by Crippen LogP contribution is 2.22. The summed E-state index contributed by atoms with van der Waals surface area (Å²) in [6, 6.07) is 1.69. The van der Waals surface area contributed by atoms with E-state index in [4.69, 9.17) is 34.8 Å². The summed E-state index contributed by atoms with van der Waals surface area (Å²) in [6.45, 7) is 0.872. The molecule has 0 aliphatic carbocycles. The van der Waals surface area contributed by atoms with Crippen molar-refractivity contribution in [1.82, 2.24) is 4.98 Å².